The molecular weight excluding hydrogens is 1860 g/mol. The third-order valence-electron chi connectivity index (χ3n) is 20.6. The largest absolute Gasteiger partial charge is 0.400 e. The van der Waals surface area contributed by atoms with Crippen LogP contribution in [-0.2, 0) is 27.1 Å². The maximum absolute atomic E-state index is 11.8. The summed E-state index contributed by atoms with van der Waals surface area (Å²) in [4.78, 5) is 23.7. The maximum Gasteiger partial charge on any atom is 0.210 e. The first-order valence-corrected chi connectivity index (χ1v) is 49.1. The molecule has 0 aromatic heterocycles. The summed E-state index contributed by atoms with van der Waals surface area (Å²) in [7, 11) is 19.4. The average molecular weight is 2070 g/mol. The summed E-state index contributed by atoms with van der Waals surface area (Å²) in [6.45, 7) is 42.3. The van der Waals surface area contributed by atoms with Crippen LogP contribution in [0.25, 0.3) is 0 Å². The number of aliphatic hydroxyl groups excluding tert-OH is 15. The number of hydrogen-bond donors (Lipinski definition) is 15. The van der Waals surface area contributed by atoms with E-state index in [4.69, 9.17) is 21.5 Å². The van der Waals surface area contributed by atoms with Gasteiger partial charge in [0.1, 0.15) is 0 Å². The molecule has 15 N–H and O–H groups in total. The van der Waals surface area contributed by atoms with Crippen LogP contribution in [0, 0.1) is 0 Å². The van der Waals surface area contributed by atoms with E-state index < -0.39 is 0 Å². The Bertz CT molecular complexity index is 4900. The second-order valence-electron chi connectivity index (χ2n) is 28.5. The lowest BCUT2D eigenvalue weighted by molar-refractivity contribution is 0.103. The molecule has 17 nitrogen and oxygen atoms in total. The highest BCUT2D eigenvalue weighted by Crippen LogP contribution is 2.42. The average Bonchev–Trinajstić information content (AvgIpc) is 0.756. The molecular formula is C132H194O17. The molecule has 0 aliphatic heterocycles. The van der Waals surface area contributed by atoms with E-state index in [1.807, 2.05) is 204 Å². The Hall–Kier alpha value is -13.0. The van der Waals surface area contributed by atoms with Gasteiger partial charge < -0.3 is 76.6 Å². The van der Waals surface area contributed by atoms with E-state index in [9.17, 15) is 9.59 Å². The third-order valence-corrected chi connectivity index (χ3v) is 20.6. The van der Waals surface area contributed by atoms with Crippen molar-refractivity contribution in [2.75, 3.05) is 107 Å². The zero-order valence-electron chi connectivity index (χ0n) is 111. The SMILES string of the molecule is CC.CC.CC.CC.CC.CC.CC(C)(c1ccccc1)c1ccc(C(C)(c2ccccc2)c2ccccc2)cc1.CC(C)(c1ccccc1)c1ccccc1.CC(C)(c1ccccc1)c1ccccc1.CC(c1ccccc1)(c1ccccc1)c1ccccc1.O=C(c1ccccc1)c1ccccc1.O=C(c1ccccc1)c1ccccc1.[2H]OC.[2H]OC.[2H]OC.[2H]OC.[2H]OC.[2H]OC.[2H]OC.[2H]OC.[2H]OC.[2H]OC.[2H]OC.[2H]OC.[2H]OC.[2H]OC.[2H]OC. The van der Waals surface area contributed by atoms with E-state index >= 15 is 0 Å². The fourth-order valence-corrected chi connectivity index (χ4v) is 13.5. The number of ketones is 2. The molecule has 0 atom stereocenters. The van der Waals surface area contributed by atoms with Gasteiger partial charge >= 0.3 is 0 Å². The molecule has 0 aliphatic rings. The fourth-order valence-electron chi connectivity index (χ4n) is 13.5. The Morgan fingerprint density at radius 1 is 0.141 bits per heavy atom. The molecule has 0 radical (unpaired) electrons. The Labute approximate surface area is 924 Å². The Morgan fingerprint density at radius 3 is 0.322 bits per heavy atom. The lowest BCUT2D eigenvalue weighted by Crippen LogP contribution is -2.26. The van der Waals surface area contributed by atoms with Crippen molar-refractivity contribution < 1.29 is 86.2 Å². The normalized spacial score (nSPS) is 10.1. The van der Waals surface area contributed by atoms with Gasteiger partial charge in [0.15, 0.2) is 11.6 Å². The van der Waals surface area contributed by atoms with Crippen molar-refractivity contribution in [3.05, 3.63) is 538 Å². The van der Waals surface area contributed by atoms with Gasteiger partial charge in [0.2, 0.25) is 21.5 Å². The topological polar surface area (TPSA) is 338 Å². The van der Waals surface area contributed by atoms with Crippen molar-refractivity contribution in [2.45, 2.75) is 166 Å². The maximum atomic E-state index is 11.8. The number of carbonyl (C=O) groups is 2. The van der Waals surface area contributed by atoms with Gasteiger partial charge in [-0.25, -0.2) is 0 Å². The van der Waals surface area contributed by atoms with Crippen LogP contribution in [0.15, 0.2) is 449 Å². The van der Waals surface area contributed by atoms with E-state index in [1.165, 1.54) is 173 Å². The molecule has 0 spiro atoms. The van der Waals surface area contributed by atoms with Gasteiger partial charge in [0, 0.05) is 156 Å². The van der Waals surface area contributed by atoms with E-state index in [-0.39, 0.29) is 38.6 Å². The second kappa shape index (κ2) is 115. The molecule has 15 aromatic carbocycles. The Morgan fingerprint density at radius 2 is 0.215 bits per heavy atom. The second-order valence-corrected chi connectivity index (χ2v) is 28.5. The Balaban J connectivity index is -0.000000156. The van der Waals surface area contributed by atoms with Crippen LogP contribution < -0.4 is 0 Å². The minimum Gasteiger partial charge on any atom is -0.400 e. The molecule has 0 heterocycles. The van der Waals surface area contributed by atoms with Crippen molar-refractivity contribution in [2.24, 2.45) is 0 Å². The highest BCUT2D eigenvalue weighted by atomic mass is 16.3. The number of rotatable bonds is 16. The van der Waals surface area contributed by atoms with Gasteiger partial charge in [0.05, 0.1) is 0 Å². The van der Waals surface area contributed by atoms with Gasteiger partial charge in [-0.2, -0.15) is 0 Å². The van der Waals surface area contributed by atoms with Crippen LogP contribution in [0.5, 0.6) is 0 Å². The first-order valence-electron chi connectivity index (χ1n) is 55.2. The molecule has 17 heteroatoms. The molecule has 0 amide bonds. The molecule has 149 heavy (non-hydrogen) atoms. The van der Waals surface area contributed by atoms with Crippen molar-refractivity contribution in [3.63, 3.8) is 0 Å². The first kappa shape index (κ1) is 128. The Kier molecular flexibility index (Phi) is 99.3. The van der Waals surface area contributed by atoms with Crippen molar-refractivity contribution in [1.82, 2.24) is 0 Å². The molecule has 0 aliphatic carbocycles. The number of hydrogen-bond acceptors (Lipinski definition) is 17. The summed E-state index contributed by atoms with van der Waals surface area (Å²) < 4.78 is 85.6. The van der Waals surface area contributed by atoms with Gasteiger partial charge in [-0.1, -0.05) is 574 Å². The third kappa shape index (κ3) is 61.6. The number of benzene rings is 15. The summed E-state index contributed by atoms with van der Waals surface area (Å²) in [6.07, 6.45) is 0. The van der Waals surface area contributed by atoms with E-state index in [2.05, 4.69) is 460 Å². The zero-order chi connectivity index (χ0) is 128. The summed E-state index contributed by atoms with van der Waals surface area (Å²) >= 11 is 0. The van der Waals surface area contributed by atoms with Crippen LogP contribution >= 0.6 is 0 Å². The molecule has 0 unspecified atom stereocenters. The van der Waals surface area contributed by atoms with Crippen LogP contribution in [0.2, 0.25) is 0 Å². The van der Waals surface area contributed by atoms with Crippen molar-refractivity contribution in [3.8, 4) is 0 Å². The van der Waals surface area contributed by atoms with Gasteiger partial charge in [-0.05, 0) is 80.6 Å². The molecule has 824 valence electrons. The zero-order valence-corrected chi connectivity index (χ0v) is 96.2. The standard InChI is InChI=1S/C29H28.C20H18.2C15H16.2C13H10O.6C2H6.15CH4O/c1-28(2,23-13-7-4-8-14-23)24-19-21-27(22-20-24)29(3,25-15-9-5-10-16-25)26-17-11-6-12-18-26;1-20(17-11-5-2-6-12-17,18-13-7-3-8-14-18)19-15-9-4-10-16-19;2*1-15(2,13-9-5-3-6-10-13)14-11-7-4-8-12-14;2*14-13(11-7-3-1-4-8-11)12-9-5-2-6-10-12;21*1-2/h4-22H,1-3H3;2-16H,1H3;2*3-12H,1-2H3;2*1-10H;6*1-2H3;15*2H,1H3/i;;;;;;;;;;;;15*2D. The fraction of sp³-hybridized carbons (Fsp3) is 0.303. The predicted molar refractivity (Wildman–Crippen MR) is 641 cm³/mol. The molecule has 0 bridgehead atoms. The summed E-state index contributed by atoms with van der Waals surface area (Å²) in [5.41, 5.74) is 18.7. The quantitative estimate of drug-likeness (QED) is 0.0316. The molecule has 15 aromatic rings. The monoisotopic (exact) mass is 2070 g/mol. The predicted octanol–water partition coefficient (Wildman–Crippen LogP) is 26.6. The first-order chi connectivity index (χ1) is 79.2. The summed E-state index contributed by atoms with van der Waals surface area (Å²) in [5.74, 6) is 0.150. The highest BCUT2D eigenvalue weighted by Gasteiger charge is 2.33. The lowest BCUT2D eigenvalue weighted by atomic mass is 9.70. The highest BCUT2D eigenvalue weighted by molar-refractivity contribution is 6.09. The van der Waals surface area contributed by atoms with Crippen molar-refractivity contribution in [1.29, 1.82) is 21.5 Å². The molecule has 0 saturated heterocycles. The van der Waals surface area contributed by atoms with Crippen LogP contribution in [0.3, 0.4) is 0 Å². The van der Waals surface area contributed by atoms with E-state index in [0.29, 0.717) is 0 Å². The van der Waals surface area contributed by atoms with Crippen LogP contribution in [0.1, 0.15) is 237 Å². The van der Waals surface area contributed by atoms with Crippen molar-refractivity contribution >= 4 is 11.6 Å². The molecule has 15 rings (SSSR count). The number of aliphatic hydroxyl groups is 15. The van der Waals surface area contributed by atoms with Gasteiger partial charge in [0.25, 0.3) is 0 Å². The van der Waals surface area contributed by atoms with E-state index in [0.717, 1.165) is 22.3 Å². The molecule has 0 saturated carbocycles. The minimum absolute atomic E-state index is 0.0321. The number of carbonyl (C=O) groups excluding carboxylic acids is 2. The minimum atomic E-state index is -0.196. The molecule has 0 fully saturated rings. The lowest BCUT2D eigenvalue weighted by Gasteiger charge is -2.33. The van der Waals surface area contributed by atoms with Crippen LogP contribution in [-0.4, -0.2) is 216 Å². The smallest absolute Gasteiger partial charge is 0.210 e. The summed E-state index contributed by atoms with van der Waals surface area (Å²) in [5, 5.41) is 52.5. The van der Waals surface area contributed by atoms with E-state index in [1.54, 1.807) is 0 Å². The van der Waals surface area contributed by atoms with Crippen LogP contribution in [0.4, 0.5) is 0 Å². The van der Waals surface area contributed by atoms with Gasteiger partial charge in [-0.3, -0.25) is 9.59 Å². The van der Waals surface area contributed by atoms with Gasteiger partial charge in [-0.15, -0.1) is 0 Å². The summed E-state index contributed by atoms with van der Waals surface area (Å²) in [6, 6.07) is 153.